The molecule has 2 heterocycles. The molecule has 1 saturated heterocycles. The lowest BCUT2D eigenvalue weighted by Crippen LogP contribution is -2.18. The van der Waals surface area contributed by atoms with E-state index < -0.39 is 12.6 Å². The van der Waals surface area contributed by atoms with Gasteiger partial charge in [-0.15, -0.1) is 5.10 Å². The molecule has 1 fully saturated rings. The second-order valence-electron chi connectivity index (χ2n) is 9.39. The van der Waals surface area contributed by atoms with E-state index in [4.69, 9.17) is 0 Å². The molecule has 0 bridgehead atoms. The Kier molecular flexibility index (Phi) is 6.90. The molecule has 9 heteroatoms. The van der Waals surface area contributed by atoms with Gasteiger partial charge in [0.15, 0.2) is 0 Å². The number of benzene rings is 3. The fourth-order valence-electron chi connectivity index (χ4n) is 4.67. The quantitative estimate of drug-likeness (QED) is 0.257. The summed E-state index contributed by atoms with van der Waals surface area (Å²) < 4.78 is 45.1. The summed E-state index contributed by atoms with van der Waals surface area (Å²) in [5.41, 5.74) is 6.88. The first kappa shape index (κ1) is 25.2. The highest BCUT2D eigenvalue weighted by Gasteiger charge is 2.29. The van der Waals surface area contributed by atoms with Crippen molar-refractivity contribution in [1.82, 2.24) is 19.9 Å². The lowest BCUT2D eigenvalue weighted by atomic mass is 9.98. The number of rotatable bonds is 7. The van der Waals surface area contributed by atoms with Gasteiger partial charge in [0.05, 0.1) is 17.6 Å². The van der Waals surface area contributed by atoms with Gasteiger partial charge in [0.25, 0.3) is 0 Å². The largest absolute Gasteiger partial charge is 0.393 e. The highest BCUT2D eigenvalue weighted by atomic mass is 32.2. The van der Waals surface area contributed by atoms with E-state index in [1.165, 1.54) is 11.9 Å². The molecule has 4 aromatic rings. The minimum Gasteiger partial charge on any atom is -0.372 e. The van der Waals surface area contributed by atoms with Gasteiger partial charge in [-0.3, -0.25) is 0 Å². The average molecular weight is 524 g/mol. The lowest BCUT2D eigenvalue weighted by Gasteiger charge is -2.24. The summed E-state index contributed by atoms with van der Waals surface area (Å²) >= 11 is 1.37. The summed E-state index contributed by atoms with van der Waals surface area (Å²) in [5.74, 6) is 0. The molecule has 0 unspecified atom stereocenters. The Bertz CT molecular complexity index is 1450. The van der Waals surface area contributed by atoms with E-state index in [1.807, 2.05) is 56.3 Å². The Morgan fingerprint density at radius 3 is 2.57 bits per heavy atom. The molecule has 1 N–H and O–H groups in total. The van der Waals surface area contributed by atoms with Crippen LogP contribution in [0.5, 0.6) is 0 Å². The molecule has 37 heavy (non-hydrogen) atoms. The summed E-state index contributed by atoms with van der Waals surface area (Å²) in [4.78, 5) is 3.10. The number of para-hydroxylation sites is 1. The maximum absolute atomic E-state index is 13.3. The summed E-state index contributed by atoms with van der Waals surface area (Å²) in [6.45, 7) is 9.93. The zero-order chi connectivity index (χ0) is 26.2. The number of nitrogens with zero attached hydrogens (tertiary/aromatic N) is 4. The fraction of sp³-hybridized carbons (Fsp3) is 0.286. The monoisotopic (exact) mass is 523 g/mol. The van der Waals surface area contributed by atoms with E-state index in [0.717, 1.165) is 69.9 Å². The van der Waals surface area contributed by atoms with Crippen molar-refractivity contribution in [3.8, 4) is 5.69 Å². The second kappa shape index (κ2) is 10.1. The molecule has 0 saturated carbocycles. The van der Waals surface area contributed by atoms with Gasteiger partial charge in [-0.05, 0) is 91.7 Å². The molecular weight excluding hydrogens is 495 g/mol. The topological polar surface area (TPSA) is 46.0 Å². The number of hydrogen-bond acceptors (Lipinski definition) is 5. The molecular formula is C28H28F3N5S. The summed E-state index contributed by atoms with van der Waals surface area (Å²) in [6, 6.07) is 17.0. The van der Waals surface area contributed by atoms with Crippen LogP contribution < -0.4 is 4.72 Å². The molecule has 0 aliphatic carbocycles. The number of alkyl halides is 3. The number of anilines is 1. The Balaban J connectivity index is 1.46. The number of likely N-dealkylation sites (tertiary alicyclic amines) is 1. The molecule has 0 radical (unpaired) electrons. The molecule has 5 rings (SSSR count). The van der Waals surface area contributed by atoms with Crippen LogP contribution in [-0.4, -0.2) is 39.2 Å². The van der Waals surface area contributed by atoms with E-state index in [-0.39, 0.29) is 5.56 Å². The van der Waals surface area contributed by atoms with Crippen LogP contribution in [0.2, 0.25) is 0 Å². The number of hydrogen-bond donors (Lipinski definition) is 1. The van der Waals surface area contributed by atoms with Crippen LogP contribution in [0.3, 0.4) is 0 Å². The molecule has 1 aliphatic rings. The minimum absolute atomic E-state index is 0.219. The van der Waals surface area contributed by atoms with Crippen LogP contribution in [0.25, 0.3) is 22.4 Å². The van der Waals surface area contributed by atoms with E-state index in [1.54, 1.807) is 16.8 Å². The van der Waals surface area contributed by atoms with E-state index >= 15 is 0 Å². The second-order valence-corrected chi connectivity index (χ2v) is 10.2. The number of aryl methyl sites for hydroxylation is 1. The molecule has 192 valence electrons. The maximum atomic E-state index is 13.3. The highest BCUT2D eigenvalue weighted by molar-refractivity contribution is 8.00. The Labute approximate surface area is 218 Å². The van der Waals surface area contributed by atoms with Gasteiger partial charge in [0.2, 0.25) is 0 Å². The van der Waals surface area contributed by atoms with Gasteiger partial charge in [0, 0.05) is 34.9 Å². The van der Waals surface area contributed by atoms with Crippen LogP contribution in [0.1, 0.15) is 35.1 Å². The number of halogens is 3. The zero-order valence-electron chi connectivity index (χ0n) is 20.8. The normalized spacial score (nSPS) is 13.9. The van der Waals surface area contributed by atoms with E-state index in [2.05, 4.69) is 26.5 Å². The van der Waals surface area contributed by atoms with Crippen molar-refractivity contribution < 1.29 is 13.2 Å². The summed E-state index contributed by atoms with van der Waals surface area (Å²) in [7, 11) is 0. The zero-order valence-corrected chi connectivity index (χ0v) is 21.6. The molecule has 1 aromatic heterocycles. The van der Waals surface area contributed by atoms with Crippen LogP contribution in [0, 0.1) is 13.8 Å². The van der Waals surface area contributed by atoms with Crippen LogP contribution >= 0.6 is 11.9 Å². The van der Waals surface area contributed by atoms with Crippen molar-refractivity contribution in [2.45, 2.75) is 44.2 Å². The van der Waals surface area contributed by atoms with Crippen molar-refractivity contribution in [2.24, 2.45) is 0 Å². The van der Waals surface area contributed by atoms with Gasteiger partial charge in [-0.1, -0.05) is 30.0 Å². The van der Waals surface area contributed by atoms with E-state index in [0.29, 0.717) is 5.69 Å². The number of nitrogens with one attached hydrogen (secondary N) is 1. The molecule has 0 amide bonds. The molecule has 0 spiro atoms. The number of fused-ring (bicyclic) bond motifs is 1. The van der Waals surface area contributed by atoms with Gasteiger partial charge in [-0.25, -0.2) is 4.68 Å². The third-order valence-corrected chi connectivity index (χ3v) is 7.69. The third kappa shape index (κ3) is 5.46. The minimum atomic E-state index is -4.29. The van der Waals surface area contributed by atoms with Crippen molar-refractivity contribution in [3.63, 3.8) is 0 Å². The Hall–Kier alpha value is -3.46. The predicted molar refractivity (Wildman–Crippen MR) is 144 cm³/mol. The van der Waals surface area contributed by atoms with Crippen LogP contribution in [-0.2, 0) is 6.42 Å². The van der Waals surface area contributed by atoms with Crippen molar-refractivity contribution in [3.05, 3.63) is 83.4 Å². The molecule has 0 atom stereocenters. The standard InChI is InChI=1S/C28H28F3N5S/c1-18-10-11-22(36-26-9-5-4-8-24(26)32-34-36)16-27(18)37-33-25-15-21(17-28(29,30)31)14-23(19(25)2)20(3)35-12-6-7-13-35/h4-5,8-11,14-16,33H,3,6-7,12-13,17H2,1-2H3. The molecule has 1 aliphatic heterocycles. The third-order valence-electron chi connectivity index (χ3n) is 6.71. The van der Waals surface area contributed by atoms with Gasteiger partial charge >= 0.3 is 6.18 Å². The smallest absolute Gasteiger partial charge is 0.372 e. The summed E-state index contributed by atoms with van der Waals surface area (Å²) in [6.07, 6.45) is -3.14. The van der Waals surface area contributed by atoms with Crippen molar-refractivity contribution in [2.75, 3.05) is 17.8 Å². The van der Waals surface area contributed by atoms with Gasteiger partial charge in [-0.2, -0.15) is 13.2 Å². The lowest BCUT2D eigenvalue weighted by molar-refractivity contribution is -0.127. The highest BCUT2D eigenvalue weighted by Crippen LogP contribution is 2.35. The van der Waals surface area contributed by atoms with Gasteiger partial charge < -0.3 is 9.62 Å². The number of aromatic nitrogens is 3. The van der Waals surface area contributed by atoms with Crippen LogP contribution in [0.4, 0.5) is 18.9 Å². The van der Waals surface area contributed by atoms with Gasteiger partial charge in [0.1, 0.15) is 5.52 Å². The van der Waals surface area contributed by atoms with Crippen molar-refractivity contribution in [1.29, 1.82) is 0 Å². The Morgan fingerprint density at radius 2 is 1.81 bits per heavy atom. The maximum Gasteiger partial charge on any atom is 0.393 e. The Morgan fingerprint density at radius 1 is 1.05 bits per heavy atom. The first-order valence-electron chi connectivity index (χ1n) is 12.2. The average Bonchev–Trinajstić information content (AvgIpc) is 3.54. The SMILES string of the molecule is C=C(c1cc(CC(F)(F)F)cc(NSc2cc(-n3nnc4ccccc43)ccc2C)c1C)N1CCCC1. The fourth-order valence-corrected chi connectivity index (χ4v) is 5.51. The first-order chi connectivity index (χ1) is 17.7. The first-order valence-corrected chi connectivity index (χ1v) is 13.0. The van der Waals surface area contributed by atoms with Crippen molar-refractivity contribution >= 4 is 34.4 Å². The molecule has 5 nitrogen and oxygen atoms in total. The van der Waals surface area contributed by atoms with E-state index in [9.17, 15) is 13.2 Å². The van der Waals surface area contributed by atoms with Crippen LogP contribution in [0.15, 0.2) is 66.1 Å². The predicted octanol–water partition coefficient (Wildman–Crippen LogP) is 7.33. The summed E-state index contributed by atoms with van der Waals surface area (Å²) in [5, 5.41) is 8.54. The molecule has 3 aromatic carbocycles.